The predicted molar refractivity (Wildman–Crippen MR) is 90.3 cm³/mol. The Bertz CT molecular complexity index is 880. The Morgan fingerprint density at radius 3 is 2.39 bits per heavy atom. The minimum atomic E-state index is -0.351. The predicted octanol–water partition coefficient (Wildman–Crippen LogP) is 4.88. The van der Waals surface area contributed by atoms with Crippen LogP contribution in [0.4, 0.5) is 4.39 Å². The van der Waals surface area contributed by atoms with E-state index in [4.69, 9.17) is 4.74 Å². The molecule has 0 N–H and O–H groups in total. The Balaban J connectivity index is 1.83. The summed E-state index contributed by atoms with van der Waals surface area (Å²) in [6, 6.07) is 17.3. The molecule has 0 atom stereocenters. The number of ketones is 1. The first-order valence-electron chi connectivity index (χ1n) is 7.21. The first kappa shape index (κ1) is 15.0. The third-order valence-corrected chi connectivity index (χ3v) is 3.63. The van der Waals surface area contributed by atoms with Gasteiger partial charge in [-0.05, 0) is 64.9 Å². The van der Waals surface area contributed by atoms with E-state index in [0.717, 1.165) is 22.1 Å². The summed E-state index contributed by atoms with van der Waals surface area (Å²) < 4.78 is 18.1. The number of methoxy groups -OCH3 is 1. The van der Waals surface area contributed by atoms with Crippen LogP contribution in [0.15, 0.2) is 66.7 Å². The van der Waals surface area contributed by atoms with Gasteiger partial charge >= 0.3 is 0 Å². The maximum atomic E-state index is 12.9. The van der Waals surface area contributed by atoms with Crippen LogP contribution in [0.25, 0.3) is 16.8 Å². The maximum Gasteiger partial charge on any atom is 0.185 e. The molecule has 3 aromatic rings. The van der Waals surface area contributed by atoms with Gasteiger partial charge in [0, 0.05) is 5.56 Å². The number of hydrogen-bond donors (Lipinski definition) is 0. The zero-order chi connectivity index (χ0) is 16.2. The lowest BCUT2D eigenvalue weighted by molar-refractivity contribution is 0.104. The average Bonchev–Trinajstić information content (AvgIpc) is 2.59. The minimum Gasteiger partial charge on any atom is -0.497 e. The molecule has 0 bridgehead atoms. The lowest BCUT2D eigenvalue weighted by Gasteiger charge is -2.03. The summed E-state index contributed by atoms with van der Waals surface area (Å²) in [4.78, 5) is 12.1. The second kappa shape index (κ2) is 6.44. The van der Waals surface area contributed by atoms with Gasteiger partial charge in [0.1, 0.15) is 11.6 Å². The van der Waals surface area contributed by atoms with E-state index >= 15 is 0 Å². The Morgan fingerprint density at radius 2 is 1.65 bits per heavy atom. The molecule has 0 unspecified atom stereocenters. The van der Waals surface area contributed by atoms with Crippen LogP contribution in [-0.4, -0.2) is 12.9 Å². The smallest absolute Gasteiger partial charge is 0.185 e. The van der Waals surface area contributed by atoms with Crippen molar-refractivity contribution in [3.05, 3.63) is 83.7 Å². The highest BCUT2D eigenvalue weighted by atomic mass is 19.1. The SMILES string of the molecule is COc1ccc2cc(/C=C/C(=O)c3ccc(F)cc3)ccc2c1. The van der Waals surface area contributed by atoms with Crippen molar-refractivity contribution in [3.63, 3.8) is 0 Å². The van der Waals surface area contributed by atoms with Gasteiger partial charge in [-0.25, -0.2) is 4.39 Å². The van der Waals surface area contributed by atoms with Crippen molar-refractivity contribution in [3.8, 4) is 5.75 Å². The van der Waals surface area contributed by atoms with Gasteiger partial charge in [-0.3, -0.25) is 4.79 Å². The molecule has 0 radical (unpaired) electrons. The van der Waals surface area contributed by atoms with Gasteiger partial charge in [0.25, 0.3) is 0 Å². The van der Waals surface area contributed by atoms with Crippen LogP contribution in [0.3, 0.4) is 0 Å². The van der Waals surface area contributed by atoms with E-state index in [1.807, 2.05) is 36.4 Å². The van der Waals surface area contributed by atoms with Gasteiger partial charge < -0.3 is 4.74 Å². The van der Waals surface area contributed by atoms with Crippen molar-refractivity contribution in [1.29, 1.82) is 0 Å². The van der Waals surface area contributed by atoms with Gasteiger partial charge in [-0.2, -0.15) is 0 Å². The quantitative estimate of drug-likeness (QED) is 0.507. The van der Waals surface area contributed by atoms with Crippen molar-refractivity contribution < 1.29 is 13.9 Å². The molecule has 0 aliphatic heterocycles. The van der Waals surface area contributed by atoms with Crippen molar-refractivity contribution in [2.45, 2.75) is 0 Å². The second-order valence-electron chi connectivity index (χ2n) is 5.18. The van der Waals surface area contributed by atoms with Crippen molar-refractivity contribution in [1.82, 2.24) is 0 Å². The van der Waals surface area contributed by atoms with E-state index in [2.05, 4.69) is 0 Å². The molecule has 0 aliphatic carbocycles. The molecule has 0 spiro atoms. The molecule has 0 aromatic heterocycles. The Hall–Kier alpha value is -2.94. The molecular formula is C20H15FO2. The molecular weight excluding hydrogens is 291 g/mol. The van der Waals surface area contributed by atoms with Gasteiger partial charge in [-0.15, -0.1) is 0 Å². The van der Waals surface area contributed by atoms with Crippen LogP contribution in [0.1, 0.15) is 15.9 Å². The van der Waals surface area contributed by atoms with E-state index in [0.29, 0.717) is 5.56 Å². The molecule has 0 saturated heterocycles. The summed E-state index contributed by atoms with van der Waals surface area (Å²) in [5.41, 5.74) is 1.39. The highest BCUT2D eigenvalue weighted by Crippen LogP contribution is 2.22. The first-order valence-corrected chi connectivity index (χ1v) is 7.21. The lowest BCUT2D eigenvalue weighted by Crippen LogP contribution is -1.93. The standard InChI is InChI=1S/C20H15FO2/c1-23-19-10-7-16-12-14(2-4-17(16)13-19)3-11-20(22)15-5-8-18(21)9-6-15/h2-13H,1H3/b11-3+. The number of rotatable bonds is 4. The molecule has 2 nitrogen and oxygen atoms in total. The molecule has 3 aromatic carbocycles. The topological polar surface area (TPSA) is 26.3 Å². The van der Waals surface area contributed by atoms with Crippen LogP contribution in [0.2, 0.25) is 0 Å². The largest absolute Gasteiger partial charge is 0.497 e. The summed E-state index contributed by atoms with van der Waals surface area (Å²) in [6.07, 6.45) is 3.26. The van der Waals surface area contributed by atoms with E-state index in [9.17, 15) is 9.18 Å². The molecule has 3 heteroatoms. The Labute approximate surface area is 133 Å². The van der Waals surface area contributed by atoms with Crippen LogP contribution in [0, 0.1) is 5.82 Å². The monoisotopic (exact) mass is 306 g/mol. The fourth-order valence-electron chi connectivity index (χ4n) is 2.36. The molecule has 0 fully saturated rings. The number of benzene rings is 3. The van der Waals surface area contributed by atoms with Crippen LogP contribution >= 0.6 is 0 Å². The Kier molecular flexibility index (Phi) is 4.20. The normalized spacial score (nSPS) is 11.0. The van der Waals surface area contributed by atoms with Crippen molar-refractivity contribution in [2.75, 3.05) is 7.11 Å². The van der Waals surface area contributed by atoms with Crippen LogP contribution < -0.4 is 4.74 Å². The summed E-state index contributed by atoms with van der Waals surface area (Å²) in [5.74, 6) is 0.308. The lowest BCUT2D eigenvalue weighted by atomic mass is 10.0. The fraction of sp³-hybridized carbons (Fsp3) is 0.0500. The van der Waals surface area contributed by atoms with E-state index < -0.39 is 0 Å². The van der Waals surface area contributed by atoms with Crippen molar-refractivity contribution in [2.24, 2.45) is 0 Å². The van der Waals surface area contributed by atoms with Crippen molar-refractivity contribution >= 4 is 22.6 Å². The third-order valence-electron chi connectivity index (χ3n) is 3.63. The van der Waals surface area contributed by atoms with Crippen LogP contribution in [-0.2, 0) is 0 Å². The number of carbonyl (C=O) groups is 1. The number of allylic oxidation sites excluding steroid dienone is 1. The zero-order valence-electron chi connectivity index (χ0n) is 12.6. The molecule has 23 heavy (non-hydrogen) atoms. The molecule has 0 saturated carbocycles. The molecule has 0 aliphatic rings. The minimum absolute atomic E-state index is 0.153. The summed E-state index contributed by atoms with van der Waals surface area (Å²) >= 11 is 0. The first-order chi connectivity index (χ1) is 11.2. The average molecular weight is 306 g/mol. The summed E-state index contributed by atoms with van der Waals surface area (Å²) in [5, 5.41) is 2.15. The molecule has 114 valence electrons. The van der Waals surface area contributed by atoms with E-state index in [-0.39, 0.29) is 11.6 Å². The van der Waals surface area contributed by atoms with Crippen LogP contribution in [0.5, 0.6) is 5.75 Å². The summed E-state index contributed by atoms with van der Waals surface area (Å²) in [7, 11) is 1.64. The zero-order valence-corrected chi connectivity index (χ0v) is 12.6. The number of carbonyl (C=O) groups excluding carboxylic acids is 1. The second-order valence-corrected chi connectivity index (χ2v) is 5.18. The number of fused-ring (bicyclic) bond motifs is 1. The Morgan fingerprint density at radius 1 is 0.957 bits per heavy atom. The number of ether oxygens (including phenoxy) is 1. The number of halogens is 1. The van der Waals surface area contributed by atoms with Gasteiger partial charge in [0.05, 0.1) is 7.11 Å². The molecule has 3 rings (SSSR count). The van der Waals surface area contributed by atoms with Gasteiger partial charge in [0.15, 0.2) is 5.78 Å². The van der Waals surface area contributed by atoms with Gasteiger partial charge in [-0.1, -0.05) is 24.3 Å². The molecule has 0 heterocycles. The molecule has 0 amide bonds. The third kappa shape index (κ3) is 3.46. The maximum absolute atomic E-state index is 12.9. The summed E-state index contributed by atoms with van der Waals surface area (Å²) in [6.45, 7) is 0. The highest BCUT2D eigenvalue weighted by molar-refractivity contribution is 6.07. The van der Waals surface area contributed by atoms with E-state index in [1.165, 1.54) is 30.3 Å². The van der Waals surface area contributed by atoms with E-state index in [1.54, 1.807) is 13.2 Å². The number of hydrogen-bond acceptors (Lipinski definition) is 2. The highest BCUT2D eigenvalue weighted by Gasteiger charge is 2.02. The fourth-order valence-corrected chi connectivity index (χ4v) is 2.36. The van der Waals surface area contributed by atoms with Gasteiger partial charge in [0.2, 0.25) is 0 Å².